The molecule has 3 aromatic carbocycles. The Morgan fingerprint density at radius 2 is 1.70 bits per heavy atom. The molecule has 3 N–H and O–H groups in total. The van der Waals surface area contributed by atoms with Crippen LogP contribution in [0.3, 0.4) is 0 Å². The normalized spacial score (nSPS) is 11.3. The van der Waals surface area contributed by atoms with Crippen molar-refractivity contribution in [1.29, 1.82) is 0 Å². The van der Waals surface area contributed by atoms with Crippen molar-refractivity contribution in [1.82, 2.24) is 15.0 Å². The van der Waals surface area contributed by atoms with Gasteiger partial charge in [-0.2, -0.15) is 0 Å². The second kappa shape index (κ2) is 8.54. The number of nitrogens with zero attached hydrogens (tertiary/aromatic N) is 2. The lowest BCUT2D eigenvalue weighted by atomic mass is 10.0. The molecule has 0 bridgehead atoms. The average Bonchev–Trinajstić information content (AvgIpc) is 3.14. The zero-order valence-corrected chi connectivity index (χ0v) is 19.0. The predicted molar refractivity (Wildman–Crippen MR) is 134 cm³/mol. The summed E-state index contributed by atoms with van der Waals surface area (Å²) in [5.41, 5.74) is 4.79. The van der Waals surface area contributed by atoms with E-state index < -0.39 is 0 Å². The maximum absolute atomic E-state index is 14.2. The molecule has 5 aromatic rings. The average molecular weight is 440 g/mol. The second-order valence-electron chi connectivity index (χ2n) is 8.36. The number of halogens is 1. The van der Waals surface area contributed by atoms with Crippen LogP contribution in [0.5, 0.6) is 0 Å². The molecule has 5 nitrogen and oxygen atoms in total. The van der Waals surface area contributed by atoms with Crippen LogP contribution >= 0.6 is 0 Å². The molecule has 0 radical (unpaired) electrons. The first kappa shape index (κ1) is 20.9. The van der Waals surface area contributed by atoms with Crippen molar-refractivity contribution in [2.45, 2.75) is 27.2 Å². The molecule has 0 fully saturated rings. The van der Waals surface area contributed by atoms with Crippen LogP contribution < -0.4 is 10.6 Å². The van der Waals surface area contributed by atoms with Gasteiger partial charge in [-0.1, -0.05) is 42.5 Å². The van der Waals surface area contributed by atoms with Crippen molar-refractivity contribution in [3.05, 3.63) is 89.1 Å². The van der Waals surface area contributed by atoms with Crippen LogP contribution in [0.2, 0.25) is 0 Å². The molecule has 0 unspecified atom stereocenters. The summed E-state index contributed by atoms with van der Waals surface area (Å²) in [6, 6.07) is 19.7. The Bertz CT molecular complexity index is 1470. The van der Waals surface area contributed by atoms with E-state index in [4.69, 9.17) is 0 Å². The summed E-state index contributed by atoms with van der Waals surface area (Å²) in [6.45, 7) is 6.57. The van der Waals surface area contributed by atoms with Gasteiger partial charge in [-0.05, 0) is 55.8 Å². The van der Waals surface area contributed by atoms with Crippen LogP contribution in [0.15, 0.2) is 60.7 Å². The van der Waals surface area contributed by atoms with Gasteiger partial charge in [0.1, 0.15) is 23.3 Å². The third-order valence-electron chi connectivity index (χ3n) is 6.00. The van der Waals surface area contributed by atoms with Crippen molar-refractivity contribution < 1.29 is 4.39 Å². The minimum atomic E-state index is -0.214. The minimum Gasteiger partial charge on any atom is -0.370 e. The minimum absolute atomic E-state index is 0.214. The van der Waals surface area contributed by atoms with E-state index in [1.807, 2.05) is 57.2 Å². The molecule has 166 valence electrons. The predicted octanol–water partition coefficient (Wildman–Crippen LogP) is 6.57. The standard InChI is InChI=1S/C27H26FN5/c1-16-11-12-22(28)27-26(16)20(17(2)30-27)13-14-29-24-15-25(32-18(3)31-24)33-23-10-6-8-19-7-4-5-9-21(19)23/h4-12,15,30H,13-14H2,1-3H3,(H2,29,31,32,33). The number of fused-ring (bicyclic) bond motifs is 2. The van der Waals surface area contributed by atoms with Crippen LogP contribution in [0, 0.1) is 26.6 Å². The number of benzene rings is 3. The topological polar surface area (TPSA) is 65.6 Å². The molecule has 0 amide bonds. The molecule has 5 rings (SSSR count). The molecule has 0 spiro atoms. The Balaban J connectivity index is 1.35. The molecule has 2 heterocycles. The van der Waals surface area contributed by atoms with Gasteiger partial charge in [-0.15, -0.1) is 0 Å². The highest BCUT2D eigenvalue weighted by Gasteiger charge is 2.14. The largest absolute Gasteiger partial charge is 0.370 e. The monoisotopic (exact) mass is 439 g/mol. The number of hydrogen-bond acceptors (Lipinski definition) is 4. The van der Waals surface area contributed by atoms with Crippen molar-refractivity contribution in [2.75, 3.05) is 17.2 Å². The van der Waals surface area contributed by atoms with Crippen LogP contribution in [0.25, 0.3) is 21.7 Å². The van der Waals surface area contributed by atoms with Crippen molar-refractivity contribution in [3.8, 4) is 0 Å². The summed E-state index contributed by atoms with van der Waals surface area (Å²) in [6.07, 6.45) is 0.755. The fraction of sp³-hybridized carbons (Fsp3) is 0.185. The molecule has 0 saturated carbocycles. The van der Waals surface area contributed by atoms with Crippen LogP contribution in [-0.2, 0) is 6.42 Å². The summed E-state index contributed by atoms with van der Waals surface area (Å²) in [7, 11) is 0. The molecular weight excluding hydrogens is 413 g/mol. The van der Waals surface area contributed by atoms with E-state index >= 15 is 0 Å². The Hall–Kier alpha value is -3.93. The van der Waals surface area contributed by atoms with Crippen molar-refractivity contribution in [2.24, 2.45) is 0 Å². The quantitative estimate of drug-likeness (QED) is 0.280. The van der Waals surface area contributed by atoms with Gasteiger partial charge in [-0.3, -0.25) is 0 Å². The van der Waals surface area contributed by atoms with Gasteiger partial charge in [0.2, 0.25) is 0 Å². The van der Waals surface area contributed by atoms with E-state index in [1.54, 1.807) is 0 Å². The highest BCUT2D eigenvalue weighted by molar-refractivity contribution is 5.95. The van der Waals surface area contributed by atoms with Gasteiger partial charge < -0.3 is 15.6 Å². The van der Waals surface area contributed by atoms with E-state index in [0.29, 0.717) is 17.9 Å². The van der Waals surface area contributed by atoms with Gasteiger partial charge in [0.15, 0.2) is 0 Å². The maximum atomic E-state index is 14.2. The van der Waals surface area contributed by atoms with E-state index in [9.17, 15) is 4.39 Å². The number of aromatic amines is 1. The van der Waals surface area contributed by atoms with Gasteiger partial charge in [-0.25, -0.2) is 14.4 Å². The number of nitrogens with one attached hydrogen (secondary N) is 3. The Morgan fingerprint density at radius 1 is 0.909 bits per heavy atom. The molecule has 2 aromatic heterocycles. The number of aromatic nitrogens is 3. The highest BCUT2D eigenvalue weighted by atomic mass is 19.1. The third-order valence-corrected chi connectivity index (χ3v) is 6.00. The molecule has 0 saturated heterocycles. The Morgan fingerprint density at radius 3 is 2.58 bits per heavy atom. The smallest absolute Gasteiger partial charge is 0.147 e. The number of hydrogen-bond donors (Lipinski definition) is 3. The first-order valence-corrected chi connectivity index (χ1v) is 11.1. The number of rotatable bonds is 6. The van der Waals surface area contributed by atoms with Gasteiger partial charge >= 0.3 is 0 Å². The number of aryl methyl sites for hydroxylation is 3. The summed E-state index contributed by atoms with van der Waals surface area (Å²) in [4.78, 5) is 12.3. The third kappa shape index (κ3) is 4.12. The maximum Gasteiger partial charge on any atom is 0.147 e. The summed E-state index contributed by atoms with van der Waals surface area (Å²) in [5.74, 6) is 1.96. The lowest BCUT2D eigenvalue weighted by Crippen LogP contribution is -2.09. The lowest BCUT2D eigenvalue weighted by Gasteiger charge is -2.12. The lowest BCUT2D eigenvalue weighted by molar-refractivity contribution is 0.637. The molecule has 0 aliphatic carbocycles. The fourth-order valence-corrected chi connectivity index (χ4v) is 4.47. The summed E-state index contributed by atoms with van der Waals surface area (Å²) < 4.78 is 14.2. The van der Waals surface area contributed by atoms with E-state index in [-0.39, 0.29) is 5.82 Å². The van der Waals surface area contributed by atoms with Gasteiger partial charge in [0.05, 0.1) is 5.52 Å². The first-order valence-electron chi connectivity index (χ1n) is 11.1. The molecular formula is C27H26FN5. The number of H-pyrrole nitrogens is 1. The van der Waals surface area contributed by atoms with E-state index in [2.05, 4.69) is 43.8 Å². The molecule has 0 aliphatic heterocycles. The SMILES string of the molecule is Cc1nc(NCCc2c(C)[nH]c3c(F)ccc(C)c23)cc(Nc2cccc3ccccc23)n1. The van der Waals surface area contributed by atoms with Gasteiger partial charge in [0.25, 0.3) is 0 Å². The fourth-order valence-electron chi connectivity index (χ4n) is 4.47. The molecule has 0 aliphatic rings. The van der Waals surface area contributed by atoms with E-state index in [0.717, 1.165) is 51.3 Å². The second-order valence-corrected chi connectivity index (χ2v) is 8.36. The first-order chi connectivity index (χ1) is 16.0. The molecule has 0 atom stereocenters. The van der Waals surface area contributed by atoms with Crippen LogP contribution in [-0.4, -0.2) is 21.5 Å². The zero-order chi connectivity index (χ0) is 22.9. The van der Waals surface area contributed by atoms with E-state index in [1.165, 1.54) is 11.5 Å². The summed E-state index contributed by atoms with van der Waals surface area (Å²) in [5, 5.41) is 10.1. The van der Waals surface area contributed by atoms with Crippen LogP contribution in [0.4, 0.5) is 21.7 Å². The van der Waals surface area contributed by atoms with Crippen molar-refractivity contribution in [3.63, 3.8) is 0 Å². The highest BCUT2D eigenvalue weighted by Crippen LogP contribution is 2.29. The van der Waals surface area contributed by atoms with Gasteiger partial charge in [0, 0.05) is 34.8 Å². The molecule has 6 heteroatoms. The summed E-state index contributed by atoms with van der Waals surface area (Å²) >= 11 is 0. The Kier molecular flexibility index (Phi) is 5.42. The number of anilines is 3. The molecule has 33 heavy (non-hydrogen) atoms. The van der Waals surface area contributed by atoms with Crippen molar-refractivity contribution >= 4 is 39.0 Å². The van der Waals surface area contributed by atoms with Crippen LogP contribution in [0.1, 0.15) is 22.6 Å². The Labute approximate surface area is 192 Å². The zero-order valence-electron chi connectivity index (χ0n) is 19.0.